The normalized spacial score (nSPS) is 17.4. The van der Waals surface area contributed by atoms with E-state index in [1.54, 1.807) is 0 Å². The van der Waals surface area contributed by atoms with E-state index in [1.807, 2.05) is 36.4 Å². The molecule has 0 bridgehead atoms. The Morgan fingerprint density at radius 3 is 2.70 bits per heavy atom. The van der Waals surface area contributed by atoms with Crippen LogP contribution in [0.15, 0.2) is 42.5 Å². The van der Waals surface area contributed by atoms with E-state index >= 15 is 0 Å². The summed E-state index contributed by atoms with van der Waals surface area (Å²) in [6.07, 6.45) is 0.945. The Bertz CT molecular complexity index is 598. The van der Waals surface area contributed by atoms with Gasteiger partial charge in [0.2, 0.25) is 0 Å². The van der Waals surface area contributed by atoms with Crippen LogP contribution in [-0.4, -0.2) is 6.61 Å². The van der Waals surface area contributed by atoms with Gasteiger partial charge in [-0.2, -0.15) is 0 Å². The maximum Gasteiger partial charge on any atom is 0.142 e. The first-order valence-electron chi connectivity index (χ1n) is 6.63. The van der Waals surface area contributed by atoms with E-state index in [2.05, 4.69) is 11.4 Å². The number of fused-ring (bicyclic) bond motifs is 1. The molecule has 2 aromatic carbocycles. The lowest BCUT2D eigenvalue weighted by molar-refractivity contribution is 0.252. The Morgan fingerprint density at radius 2 is 1.90 bits per heavy atom. The second-order valence-corrected chi connectivity index (χ2v) is 5.70. The lowest BCUT2D eigenvalue weighted by Gasteiger charge is -2.27. The van der Waals surface area contributed by atoms with E-state index in [9.17, 15) is 0 Å². The molecule has 1 aliphatic heterocycles. The summed E-state index contributed by atoms with van der Waals surface area (Å²) in [6, 6.07) is 14.1. The zero-order valence-electron chi connectivity index (χ0n) is 10.9. The van der Waals surface area contributed by atoms with Gasteiger partial charge in [-0.05, 0) is 23.8 Å². The van der Waals surface area contributed by atoms with Crippen LogP contribution in [0.3, 0.4) is 0 Å². The van der Waals surface area contributed by atoms with Crippen LogP contribution < -0.4 is 10.1 Å². The SMILES string of the molecule is Clc1ccc(CNC2CCOc3c(Cl)cccc32)cc1. The molecule has 0 saturated carbocycles. The minimum Gasteiger partial charge on any atom is -0.492 e. The molecule has 20 heavy (non-hydrogen) atoms. The first-order chi connectivity index (χ1) is 9.74. The van der Waals surface area contributed by atoms with Crippen molar-refractivity contribution >= 4 is 23.2 Å². The predicted octanol–water partition coefficient (Wildman–Crippen LogP) is 4.61. The Morgan fingerprint density at radius 1 is 1.10 bits per heavy atom. The molecule has 1 unspecified atom stereocenters. The van der Waals surface area contributed by atoms with Crippen molar-refractivity contribution < 1.29 is 4.74 Å². The maximum atomic E-state index is 6.17. The lowest BCUT2D eigenvalue weighted by Crippen LogP contribution is -2.26. The van der Waals surface area contributed by atoms with Crippen LogP contribution in [0.4, 0.5) is 0 Å². The number of benzene rings is 2. The largest absolute Gasteiger partial charge is 0.492 e. The topological polar surface area (TPSA) is 21.3 Å². The number of hydrogen-bond donors (Lipinski definition) is 1. The molecule has 4 heteroatoms. The van der Waals surface area contributed by atoms with Crippen LogP contribution in [0.5, 0.6) is 5.75 Å². The van der Waals surface area contributed by atoms with Crippen LogP contribution in [0, 0.1) is 0 Å². The van der Waals surface area contributed by atoms with Gasteiger partial charge in [0.25, 0.3) is 0 Å². The van der Waals surface area contributed by atoms with E-state index in [0.29, 0.717) is 11.6 Å². The fourth-order valence-electron chi connectivity index (χ4n) is 2.44. The molecule has 3 rings (SSSR count). The predicted molar refractivity (Wildman–Crippen MR) is 82.6 cm³/mol. The van der Waals surface area contributed by atoms with Crippen molar-refractivity contribution in [1.82, 2.24) is 5.32 Å². The van der Waals surface area contributed by atoms with Gasteiger partial charge < -0.3 is 10.1 Å². The van der Waals surface area contributed by atoms with Crippen LogP contribution in [-0.2, 0) is 6.54 Å². The quantitative estimate of drug-likeness (QED) is 0.894. The average Bonchev–Trinajstić information content (AvgIpc) is 2.47. The Labute approximate surface area is 128 Å². The number of ether oxygens (including phenoxy) is 1. The molecule has 0 aromatic heterocycles. The second kappa shape index (κ2) is 6.04. The minimum absolute atomic E-state index is 0.271. The fraction of sp³-hybridized carbons (Fsp3) is 0.250. The van der Waals surface area contributed by atoms with Gasteiger partial charge in [0.15, 0.2) is 0 Å². The summed E-state index contributed by atoms with van der Waals surface area (Å²) in [7, 11) is 0. The Balaban J connectivity index is 1.73. The summed E-state index contributed by atoms with van der Waals surface area (Å²) in [5.41, 5.74) is 2.35. The van der Waals surface area contributed by atoms with E-state index in [-0.39, 0.29) is 6.04 Å². The maximum absolute atomic E-state index is 6.17. The molecular weight excluding hydrogens is 293 g/mol. The molecule has 1 N–H and O–H groups in total. The van der Waals surface area contributed by atoms with Crippen molar-refractivity contribution in [3.05, 3.63) is 63.6 Å². The second-order valence-electron chi connectivity index (χ2n) is 4.86. The zero-order valence-corrected chi connectivity index (χ0v) is 12.4. The standard InChI is InChI=1S/C16H15Cl2NO/c17-12-6-4-11(5-7-12)10-19-15-8-9-20-16-13(15)2-1-3-14(16)18/h1-7,15,19H,8-10H2. The highest BCUT2D eigenvalue weighted by Crippen LogP contribution is 2.37. The molecule has 0 amide bonds. The number of hydrogen-bond acceptors (Lipinski definition) is 2. The molecule has 104 valence electrons. The Kier molecular flexibility index (Phi) is 4.16. The smallest absolute Gasteiger partial charge is 0.142 e. The molecule has 1 heterocycles. The third-order valence-electron chi connectivity index (χ3n) is 3.49. The summed E-state index contributed by atoms with van der Waals surface area (Å²) < 4.78 is 5.66. The van der Waals surface area contributed by atoms with E-state index in [4.69, 9.17) is 27.9 Å². The molecule has 2 aromatic rings. The number of rotatable bonds is 3. The van der Waals surface area contributed by atoms with Crippen molar-refractivity contribution in [2.24, 2.45) is 0 Å². The molecule has 0 aliphatic carbocycles. The molecule has 0 spiro atoms. The van der Waals surface area contributed by atoms with Gasteiger partial charge in [-0.3, -0.25) is 0 Å². The molecule has 0 fully saturated rings. The van der Waals surface area contributed by atoms with Gasteiger partial charge in [-0.1, -0.05) is 47.5 Å². The Hall–Kier alpha value is -1.22. The van der Waals surface area contributed by atoms with Crippen molar-refractivity contribution in [2.75, 3.05) is 6.61 Å². The third kappa shape index (κ3) is 2.93. The minimum atomic E-state index is 0.271. The van der Waals surface area contributed by atoms with Crippen molar-refractivity contribution in [3.63, 3.8) is 0 Å². The first kappa shape index (κ1) is 13.7. The summed E-state index contributed by atoms with van der Waals surface area (Å²) in [5.74, 6) is 0.814. The molecule has 2 nitrogen and oxygen atoms in total. The van der Waals surface area contributed by atoms with Gasteiger partial charge in [0, 0.05) is 29.6 Å². The van der Waals surface area contributed by atoms with Crippen molar-refractivity contribution in [1.29, 1.82) is 0 Å². The summed E-state index contributed by atoms with van der Waals surface area (Å²) in [6.45, 7) is 1.49. The van der Waals surface area contributed by atoms with Crippen LogP contribution in [0.2, 0.25) is 10.0 Å². The molecule has 1 atom stereocenters. The monoisotopic (exact) mass is 307 g/mol. The van der Waals surface area contributed by atoms with E-state index in [0.717, 1.165) is 29.3 Å². The lowest BCUT2D eigenvalue weighted by atomic mass is 10.0. The van der Waals surface area contributed by atoms with Crippen LogP contribution >= 0.6 is 23.2 Å². The van der Waals surface area contributed by atoms with Gasteiger partial charge >= 0.3 is 0 Å². The van der Waals surface area contributed by atoms with Crippen molar-refractivity contribution in [2.45, 2.75) is 19.0 Å². The van der Waals surface area contributed by atoms with E-state index < -0.39 is 0 Å². The van der Waals surface area contributed by atoms with Crippen molar-refractivity contribution in [3.8, 4) is 5.75 Å². The number of halogens is 2. The zero-order chi connectivity index (χ0) is 13.9. The first-order valence-corrected chi connectivity index (χ1v) is 7.38. The number of para-hydroxylation sites is 1. The third-order valence-corrected chi connectivity index (χ3v) is 4.04. The van der Waals surface area contributed by atoms with Crippen LogP contribution in [0.25, 0.3) is 0 Å². The average molecular weight is 308 g/mol. The van der Waals surface area contributed by atoms with E-state index in [1.165, 1.54) is 5.56 Å². The fourth-order valence-corrected chi connectivity index (χ4v) is 2.80. The summed E-state index contributed by atoms with van der Waals surface area (Å²) >= 11 is 12.1. The highest BCUT2D eigenvalue weighted by Gasteiger charge is 2.22. The van der Waals surface area contributed by atoms with Crippen LogP contribution in [0.1, 0.15) is 23.6 Å². The van der Waals surface area contributed by atoms with Gasteiger partial charge in [0.05, 0.1) is 11.6 Å². The molecular formula is C16H15Cl2NO. The highest BCUT2D eigenvalue weighted by atomic mass is 35.5. The molecule has 1 aliphatic rings. The van der Waals surface area contributed by atoms with Gasteiger partial charge in [-0.15, -0.1) is 0 Å². The summed E-state index contributed by atoms with van der Waals surface area (Å²) in [4.78, 5) is 0. The molecule has 0 saturated heterocycles. The van der Waals surface area contributed by atoms with Gasteiger partial charge in [-0.25, -0.2) is 0 Å². The molecule has 0 radical (unpaired) electrons. The summed E-state index contributed by atoms with van der Waals surface area (Å²) in [5, 5.41) is 5.00. The van der Waals surface area contributed by atoms with Gasteiger partial charge in [0.1, 0.15) is 5.75 Å². The number of nitrogens with one attached hydrogen (secondary N) is 1. The highest BCUT2D eigenvalue weighted by molar-refractivity contribution is 6.32.